The molecule has 24 heteroatoms. The lowest BCUT2D eigenvalue weighted by Gasteiger charge is -2.19. The molecule has 0 heterocycles. The monoisotopic (exact) mass is 1780 g/mol. The first-order chi connectivity index (χ1) is 60.1. The van der Waals surface area contributed by atoms with E-state index >= 15 is 0 Å². The minimum absolute atomic E-state index is 0.00370. The number of carbonyl (C=O) groups is 4. The zero-order chi connectivity index (χ0) is 93.9. The number of alkyl halides is 12. The van der Waals surface area contributed by atoms with E-state index in [0.717, 1.165) is 71.8 Å². The zero-order valence-electron chi connectivity index (χ0n) is 72.2. The molecule has 0 aromatic heterocycles. The second-order valence-electron chi connectivity index (χ2n) is 32.9. The molecule has 0 saturated carbocycles. The topological polar surface area (TPSA) is 105 Å². The van der Waals surface area contributed by atoms with Gasteiger partial charge >= 0.3 is 24.7 Å². The highest BCUT2D eigenvalue weighted by Gasteiger charge is 2.35. The van der Waals surface area contributed by atoms with Crippen LogP contribution in [0, 0.1) is 46.9 Å². The lowest BCUT2D eigenvalue weighted by Crippen LogP contribution is -2.12. The van der Waals surface area contributed by atoms with Crippen LogP contribution in [0.1, 0.15) is 177 Å². The van der Waals surface area contributed by atoms with E-state index in [1.807, 2.05) is 90.1 Å². The first-order valence-corrected chi connectivity index (χ1v) is 41.2. The summed E-state index contributed by atoms with van der Waals surface area (Å²) in [6, 6.07) is 63.3. The predicted octanol–water partition coefficient (Wildman–Crippen LogP) is 32.1. The summed E-state index contributed by atoms with van der Waals surface area (Å²) in [5.74, 6) is -0.254. The lowest BCUT2D eigenvalue weighted by atomic mass is 9.86. The van der Waals surface area contributed by atoms with Crippen molar-refractivity contribution in [3.05, 3.63) is 335 Å². The van der Waals surface area contributed by atoms with E-state index in [1.54, 1.807) is 67.6 Å². The Bertz CT molecular complexity index is 5700. The first kappa shape index (κ1) is 99.2. The molecule has 0 N–H and O–H groups in total. The summed E-state index contributed by atoms with van der Waals surface area (Å²) in [7, 11) is 0. The average molecular weight is 1780 g/mol. The van der Waals surface area contributed by atoms with Crippen LogP contribution in [-0.2, 0) is 43.9 Å². The van der Waals surface area contributed by atoms with Crippen molar-refractivity contribution in [2.75, 3.05) is 0 Å². The smallest absolute Gasteiger partial charge is 0.416 e. The number of ketones is 4. The van der Waals surface area contributed by atoms with Crippen LogP contribution in [0.4, 0.5) is 70.2 Å². The highest BCUT2D eigenvalue weighted by atomic mass is 19.4. The van der Waals surface area contributed by atoms with Gasteiger partial charge in [0.15, 0.2) is 0 Å². The molecule has 4 atom stereocenters. The molecule has 12 aromatic carbocycles. The van der Waals surface area contributed by atoms with Crippen molar-refractivity contribution in [2.24, 2.45) is 23.7 Å². The van der Waals surface area contributed by atoms with Crippen LogP contribution in [0.2, 0.25) is 0 Å². The van der Waals surface area contributed by atoms with Gasteiger partial charge in [0.1, 0.15) is 92.4 Å². The Labute approximate surface area is 734 Å². The number of halogens is 16. The summed E-state index contributed by atoms with van der Waals surface area (Å²) >= 11 is 0. The van der Waals surface area contributed by atoms with Crippen molar-refractivity contribution in [2.45, 2.75) is 157 Å². The van der Waals surface area contributed by atoms with E-state index in [0.29, 0.717) is 122 Å². The number of hydrogen-bond acceptors (Lipinski definition) is 8. The molecule has 0 aliphatic rings. The Balaban J connectivity index is 0.000000193. The maximum Gasteiger partial charge on any atom is 0.416 e. The molecule has 0 fully saturated rings. The van der Waals surface area contributed by atoms with Crippen LogP contribution in [0.5, 0.6) is 46.0 Å². The molecule has 0 bridgehead atoms. The summed E-state index contributed by atoms with van der Waals surface area (Å²) in [5.41, 5.74) is 4.55. The van der Waals surface area contributed by atoms with E-state index in [-0.39, 0.29) is 75.9 Å². The predicted molar refractivity (Wildman–Crippen MR) is 465 cm³/mol. The molecule has 0 amide bonds. The Kier molecular flexibility index (Phi) is 33.9. The Hall–Kier alpha value is -12.6. The van der Waals surface area contributed by atoms with Gasteiger partial charge in [-0.05, 0) is 289 Å². The Morgan fingerprint density at radius 1 is 0.227 bits per heavy atom. The molecule has 0 aliphatic heterocycles. The van der Waals surface area contributed by atoms with Crippen LogP contribution in [0.15, 0.2) is 267 Å². The van der Waals surface area contributed by atoms with Crippen LogP contribution in [0.3, 0.4) is 0 Å². The largest absolute Gasteiger partial charge is 0.457 e. The van der Waals surface area contributed by atoms with Gasteiger partial charge in [0.2, 0.25) is 0 Å². The molecule has 0 spiro atoms. The van der Waals surface area contributed by atoms with Crippen LogP contribution < -0.4 is 18.9 Å². The zero-order valence-corrected chi connectivity index (χ0v) is 72.2. The highest BCUT2D eigenvalue weighted by molar-refractivity contribution is 5.87. The van der Waals surface area contributed by atoms with Gasteiger partial charge in [-0.25, -0.2) is 17.6 Å². The molecule has 128 heavy (non-hydrogen) atoms. The van der Waals surface area contributed by atoms with E-state index in [9.17, 15) is 89.4 Å². The van der Waals surface area contributed by atoms with Gasteiger partial charge in [-0.3, -0.25) is 19.2 Å². The van der Waals surface area contributed by atoms with Gasteiger partial charge < -0.3 is 18.9 Å². The number of carbonyl (C=O) groups excluding carboxylic acids is 4. The number of hydrogen-bond donors (Lipinski definition) is 0. The van der Waals surface area contributed by atoms with E-state index < -0.39 is 76.1 Å². The van der Waals surface area contributed by atoms with Gasteiger partial charge in [-0.15, -0.1) is 0 Å². The summed E-state index contributed by atoms with van der Waals surface area (Å²) in [5, 5.41) is 0. The summed E-state index contributed by atoms with van der Waals surface area (Å²) in [6.07, 6.45) is -15.2. The molecule has 672 valence electrons. The maximum absolute atomic E-state index is 13.6. The fraction of sp³-hybridized carbons (Fsp3) is 0.269. The summed E-state index contributed by atoms with van der Waals surface area (Å²) < 4.78 is 233. The van der Waals surface area contributed by atoms with Crippen molar-refractivity contribution in [1.29, 1.82) is 0 Å². The molecule has 12 aromatic rings. The number of ether oxygens (including phenoxy) is 4. The summed E-state index contributed by atoms with van der Waals surface area (Å²) in [6.45, 7) is 22.2. The van der Waals surface area contributed by atoms with Crippen molar-refractivity contribution in [3.63, 3.8) is 0 Å². The van der Waals surface area contributed by atoms with Gasteiger partial charge in [0.25, 0.3) is 0 Å². The second kappa shape index (κ2) is 43.7. The van der Waals surface area contributed by atoms with E-state index in [4.69, 9.17) is 18.9 Å². The van der Waals surface area contributed by atoms with Gasteiger partial charge in [0.05, 0.1) is 22.3 Å². The lowest BCUT2D eigenvalue weighted by molar-refractivity contribution is -0.138. The average Bonchev–Trinajstić information content (AvgIpc) is 0.818. The van der Waals surface area contributed by atoms with Crippen LogP contribution in [-0.4, -0.2) is 23.1 Å². The normalized spacial score (nSPS) is 12.6. The maximum atomic E-state index is 13.6. The molecule has 12 rings (SSSR count). The third-order valence-corrected chi connectivity index (χ3v) is 20.4. The quantitative estimate of drug-likeness (QED) is 0.0447. The first-order valence-electron chi connectivity index (χ1n) is 41.2. The Morgan fingerprint density at radius 3 is 0.711 bits per heavy atom. The fourth-order valence-electron chi connectivity index (χ4n) is 14.3. The Morgan fingerprint density at radius 2 is 0.461 bits per heavy atom. The van der Waals surface area contributed by atoms with E-state index in [1.165, 1.54) is 112 Å². The highest BCUT2D eigenvalue weighted by Crippen LogP contribution is 2.44. The number of Topliss-reactive ketones (excluding diaryl/α,β-unsaturated/α-hetero) is 4. The minimum Gasteiger partial charge on any atom is -0.457 e. The second-order valence-corrected chi connectivity index (χ2v) is 32.9. The van der Waals surface area contributed by atoms with Crippen molar-refractivity contribution in [3.8, 4) is 90.5 Å². The van der Waals surface area contributed by atoms with Crippen LogP contribution in [0.25, 0.3) is 44.5 Å². The van der Waals surface area contributed by atoms with Gasteiger partial charge in [-0.2, -0.15) is 52.7 Å². The fourth-order valence-corrected chi connectivity index (χ4v) is 14.3. The molecular weight excluding hydrogens is 1680 g/mol. The van der Waals surface area contributed by atoms with Crippen molar-refractivity contribution >= 4 is 23.1 Å². The van der Waals surface area contributed by atoms with Gasteiger partial charge in [0, 0.05) is 47.9 Å². The van der Waals surface area contributed by atoms with E-state index in [2.05, 4.69) is 13.8 Å². The molecular formula is C104H96F16O8. The minimum atomic E-state index is -4.47. The molecule has 0 saturated heterocycles. The number of rotatable bonds is 28. The molecule has 0 radical (unpaired) electrons. The molecule has 4 unspecified atom stereocenters. The molecule has 8 nitrogen and oxygen atoms in total. The van der Waals surface area contributed by atoms with Gasteiger partial charge in [-0.1, -0.05) is 152 Å². The number of benzene rings is 12. The summed E-state index contributed by atoms with van der Waals surface area (Å²) in [4.78, 5) is 49.5. The van der Waals surface area contributed by atoms with Crippen LogP contribution >= 0.6 is 0 Å². The third kappa shape index (κ3) is 29.8. The van der Waals surface area contributed by atoms with Crippen molar-refractivity contribution < 1.29 is 108 Å². The number of para-hydroxylation sites is 1. The SMILES string of the molecule is CC(=O)C(CC(C)C)c1cc(Oc2cc(F)cc(F)c2)cc(-c2ccc(C(F)(F)F)cc2)c1.CC(=O)C(CC(C)C)c1cc(Oc2ccc(F)cc2)cc(-c2ccc(C(F)(F)F)cc2)c1.CC(=O)C(CC(C)C)c1cc(Oc2cccc(F)c2)cc(-c2ccc(C(F)(F)F)cc2)c1.CC(=O)C(CC(C)C)c1cc(Oc2ccccc2)cc(-c2ccc(C(F)(F)F)cc2)c1. The third-order valence-electron chi connectivity index (χ3n) is 20.4. The molecule has 0 aliphatic carbocycles. The van der Waals surface area contributed by atoms with Crippen molar-refractivity contribution in [1.82, 2.24) is 0 Å². The standard InChI is InChI=1S/C26H23F5O2.2C26H24F4O2.C26H25F3O2/c1-15(2)8-25(16(3)32)19-9-18(17-4-6-20(7-5-17)26(29,30)31)10-23(11-19)33-24-13-21(27)12-22(28)14-24;1-16(2)12-25(17(3)31)20-13-19(18-4-6-21(7-5-18)26(28,29)30)14-24(15-20)32-23-10-8-22(27)9-11-23;1-16(2)11-25(17(3)31)20-12-19(18-7-9-21(10-8-18)26(28,29)30)13-24(14-20)32-23-6-4-5-22(27)15-23;1-17(2)13-25(18(3)30)21-14-20(19-9-11-22(12-10-19)26(27,28)29)15-24(16-21)31-23-7-5-4-6-8-23/h4-7,9-15,25H,8H2,1-3H3;4-11,13-16,25H,12H2,1-3H3;4-10,12-16,25H,11H2,1-3H3;4-12,14-17,25H,13H2,1-3H3.